The monoisotopic (exact) mass is 413 g/mol. The van der Waals surface area contributed by atoms with Gasteiger partial charge in [-0.25, -0.2) is 23.4 Å². The van der Waals surface area contributed by atoms with Gasteiger partial charge in [0.25, 0.3) is 0 Å². The van der Waals surface area contributed by atoms with Crippen molar-refractivity contribution >= 4 is 9.84 Å². The van der Waals surface area contributed by atoms with Crippen LogP contribution in [0.1, 0.15) is 36.3 Å². The standard InChI is InChI=1S/C21H27N5O2S/c1-17(20-11-12-22-16-24-20)25(2)15-19-14-23-21(29(3,27)28)26(19)13-7-10-18-8-5-4-6-9-18/h4-6,8-9,11-12,14,16-17H,7,10,13,15H2,1-3H3/t17-/m0/s1. The van der Waals surface area contributed by atoms with Crippen molar-refractivity contribution in [3.8, 4) is 0 Å². The van der Waals surface area contributed by atoms with Gasteiger partial charge in [-0.05, 0) is 38.4 Å². The van der Waals surface area contributed by atoms with Gasteiger partial charge < -0.3 is 4.57 Å². The summed E-state index contributed by atoms with van der Waals surface area (Å²) in [5.74, 6) is 0. The van der Waals surface area contributed by atoms with Crippen LogP contribution in [0.25, 0.3) is 0 Å². The average molecular weight is 414 g/mol. The molecule has 0 N–H and O–H groups in total. The second-order valence-electron chi connectivity index (χ2n) is 7.27. The van der Waals surface area contributed by atoms with Crippen LogP contribution in [0.3, 0.4) is 0 Å². The van der Waals surface area contributed by atoms with E-state index >= 15 is 0 Å². The number of rotatable bonds is 9. The smallest absolute Gasteiger partial charge is 0.227 e. The Kier molecular flexibility index (Phi) is 6.76. The zero-order valence-electron chi connectivity index (χ0n) is 17.1. The van der Waals surface area contributed by atoms with E-state index < -0.39 is 9.84 Å². The van der Waals surface area contributed by atoms with E-state index in [-0.39, 0.29) is 11.2 Å². The van der Waals surface area contributed by atoms with Crippen molar-refractivity contribution in [1.29, 1.82) is 0 Å². The Hall–Kier alpha value is -2.58. The SMILES string of the molecule is C[C@@H](c1ccncn1)N(C)Cc1cnc(S(C)(=O)=O)n1CCCc1ccccc1. The summed E-state index contributed by atoms with van der Waals surface area (Å²) in [6, 6.07) is 12.2. The Morgan fingerprint density at radius 2 is 1.90 bits per heavy atom. The summed E-state index contributed by atoms with van der Waals surface area (Å²) in [6.07, 6.45) is 7.86. The van der Waals surface area contributed by atoms with Crippen LogP contribution in [0.15, 0.2) is 60.3 Å². The third kappa shape index (κ3) is 5.48. The number of benzene rings is 1. The molecule has 0 saturated carbocycles. The van der Waals surface area contributed by atoms with Crippen LogP contribution in [-0.4, -0.2) is 46.1 Å². The number of aryl methyl sites for hydroxylation is 1. The predicted octanol–water partition coefficient (Wildman–Crippen LogP) is 2.90. The van der Waals surface area contributed by atoms with Crippen molar-refractivity contribution in [2.24, 2.45) is 0 Å². The molecule has 3 aromatic rings. The molecule has 7 nitrogen and oxygen atoms in total. The molecule has 29 heavy (non-hydrogen) atoms. The Labute approximate surface area is 172 Å². The first-order valence-corrected chi connectivity index (χ1v) is 11.5. The lowest BCUT2D eigenvalue weighted by Gasteiger charge is -2.24. The summed E-state index contributed by atoms with van der Waals surface area (Å²) in [7, 11) is -1.41. The first-order valence-electron chi connectivity index (χ1n) is 9.61. The summed E-state index contributed by atoms with van der Waals surface area (Å²) < 4.78 is 26.3. The van der Waals surface area contributed by atoms with E-state index in [1.165, 1.54) is 18.1 Å². The van der Waals surface area contributed by atoms with Crippen LogP contribution in [0, 0.1) is 0 Å². The van der Waals surface area contributed by atoms with Gasteiger partial charge in [0.15, 0.2) is 0 Å². The molecule has 0 bridgehead atoms. The van der Waals surface area contributed by atoms with Crippen LogP contribution in [0.2, 0.25) is 0 Å². The summed E-state index contributed by atoms with van der Waals surface area (Å²) in [4.78, 5) is 14.6. The minimum absolute atomic E-state index is 0.0624. The lowest BCUT2D eigenvalue weighted by molar-refractivity contribution is 0.241. The van der Waals surface area contributed by atoms with Crippen molar-refractivity contribution in [3.63, 3.8) is 0 Å². The van der Waals surface area contributed by atoms with Crippen LogP contribution < -0.4 is 0 Å². The quantitative estimate of drug-likeness (QED) is 0.537. The van der Waals surface area contributed by atoms with Crippen molar-refractivity contribution in [2.75, 3.05) is 13.3 Å². The number of sulfone groups is 1. The molecule has 0 radical (unpaired) electrons. The maximum absolute atomic E-state index is 12.2. The molecular formula is C21H27N5O2S. The second-order valence-corrected chi connectivity index (χ2v) is 9.18. The topological polar surface area (TPSA) is 81.0 Å². The molecule has 0 aliphatic rings. The number of nitrogens with zero attached hydrogens (tertiary/aromatic N) is 5. The zero-order chi connectivity index (χ0) is 20.9. The van der Waals surface area contributed by atoms with Crippen molar-refractivity contribution in [2.45, 2.75) is 44.1 Å². The fourth-order valence-corrected chi connectivity index (χ4v) is 4.16. The zero-order valence-corrected chi connectivity index (χ0v) is 17.9. The summed E-state index contributed by atoms with van der Waals surface area (Å²) in [6.45, 7) is 3.23. The van der Waals surface area contributed by atoms with Gasteiger partial charge in [-0.2, -0.15) is 0 Å². The molecule has 0 saturated heterocycles. The third-order valence-electron chi connectivity index (χ3n) is 5.03. The van der Waals surface area contributed by atoms with E-state index in [0.29, 0.717) is 13.1 Å². The van der Waals surface area contributed by atoms with E-state index in [1.807, 2.05) is 35.9 Å². The largest absolute Gasteiger partial charge is 0.318 e. The lowest BCUT2D eigenvalue weighted by Crippen LogP contribution is -2.25. The number of aromatic nitrogens is 4. The molecule has 0 aliphatic heterocycles. The Balaban J connectivity index is 1.76. The first kappa shape index (κ1) is 21.1. The van der Waals surface area contributed by atoms with E-state index in [1.54, 1.807) is 12.4 Å². The highest BCUT2D eigenvalue weighted by Crippen LogP contribution is 2.20. The Morgan fingerprint density at radius 1 is 1.14 bits per heavy atom. The van der Waals surface area contributed by atoms with Crippen LogP contribution in [-0.2, 0) is 29.3 Å². The fourth-order valence-electron chi connectivity index (χ4n) is 3.31. The normalized spacial score (nSPS) is 13.0. The van der Waals surface area contributed by atoms with Gasteiger partial charge in [0.1, 0.15) is 6.33 Å². The molecule has 3 rings (SSSR count). The first-order chi connectivity index (χ1) is 13.9. The van der Waals surface area contributed by atoms with Gasteiger partial charge in [0, 0.05) is 31.6 Å². The molecule has 0 fully saturated rings. The molecule has 2 heterocycles. The highest BCUT2D eigenvalue weighted by atomic mass is 32.2. The molecule has 154 valence electrons. The summed E-state index contributed by atoms with van der Waals surface area (Å²) in [5.41, 5.74) is 3.03. The van der Waals surface area contributed by atoms with Crippen LogP contribution in [0.4, 0.5) is 0 Å². The molecule has 2 aromatic heterocycles. The van der Waals surface area contributed by atoms with Gasteiger partial charge in [-0.15, -0.1) is 0 Å². The Bertz CT molecular complexity index is 1020. The minimum atomic E-state index is -3.40. The molecule has 1 aromatic carbocycles. The Morgan fingerprint density at radius 3 is 2.55 bits per heavy atom. The molecular weight excluding hydrogens is 386 g/mol. The number of hydrogen-bond donors (Lipinski definition) is 0. The molecule has 0 spiro atoms. The van der Waals surface area contributed by atoms with E-state index in [9.17, 15) is 8.42 Å². The molecule has 8 heteroatoms. The van der Waals surface area contributed by atoms with Crippen molar-refractivity contribution in [1.82, 2.24) is 24.4 Å². The lowest BCUT2D eigenvalue weighted by atomic mass is 10.1. The van der Waals surface area contributed by atoms with Gasteiger partial charge in [0.2, 0.25) is 15.0 Å². The molecule has 0 aliphatic carbocycles. The average Bonchev–Trinajstić information content (AvgIpc) is 3.12. The maximum atomic E-state index is 12.2. The van der Waals surface area contributed by atoms with Gasteiger partial charge in [-0.1, -0.05) is 30.3 Å². The van der Waals surface area contributed by atoms with Crippen molar-refractivity contribution < 1.29 is 8.42 Å². The highest BCUT2D eigenvalue weighted by Gasteiger charge is 2.21. The summed E-state index contributed by atoms with van der Waals surface area (Å²) >= 11 is 0. The molecule has 0 amide bonds. The third-order valence-corrected chi connectivity index (χ3v) is 6.02. The van der Waals surface area contributed by atoms with E-state index in [4.69, 9.17) is 0 Å². The van der Waals surface area contributed by atoms with Gasteiger partial charge in [-0.3, -0.25) is 4.90 Å². The van der Waals surface area contributed by atoms with Gasteiger partial charge in [0.05, 0.1) is 17.6 Å². The number of imidazole rings is 1. The number of hydrogen-bond acceptors (Lipinski definition) is 6. The predicted molar refractivity (Wildman–Crippen MR) is 112 cm³/mol. The highest BCUT2D eigenvalue weighted by molar-refractivity contribution is 7.90. The molecule has 1 atom stereocenters. The fraction of sp³-hybridized carbons (Fsp3) is 0.381. The van der Waals surface area contributed by atoms with Gasteiger partial charge >= 0.3 is 0 Å². The minimum Gasteiger partial charge on any atom is -0.318 e. The van der Waals surface area contributed by atoms with Crippen LogP contribution in [0.5, 0.6) is 0 Å². The molecule has 0 unspecified atom stereocenters. The van der Waals surface area contributed by atoms with Crippen molar-refractivity contribution in [3.05, 3.63) is 72.1 Å². The summed E-state index contributed by atoms with van der Waals surface area (Å²) in [5, 5.41) is 0.128. The van der Waals surface area contributed by atoms with E-state index in [0.717, 1.165) is 24.2 Å². The maximum Gasteiger partial charge on any atom is 0.227 e. The second kappa shape index (κ2) is 9.28. The van der Waals surface area contributed by atoms with Crippen LogP contribution >= 0.6 is 0 Å². The van der Waals surface area contributed by atoms with E-state index in [2.05, 4.69) is 38.9 Å².